The van der Waals surface area contributed by atoms with Crippen LogP contribution in [0, 0.1) is 6.92 Å². The number of aromatic nitrogens is 2. The molecule has 0 unspecified atom stereocenters. The molecule has 0 bridgehead atoms. The van der Waals surface area contributed by atoms with E-state index in [1.165, 1.54) is 11.3 Å². The molecule has 0 saturated carbocycles. The SMILES string of the molecule is Cc1oc(-c2csc([C@H](CCCNC(=O)OCc3ccccc3)NC(=O)OC(C)(C)C)n2)nc1C(N)=S. The lowest BCUT2D eigenvalue weighted by molar-refractivity contribution is 0.0500. The second kappa shape index (κ2) is 12.6. The molecular formula is C25H31N5O5S2. The molecule has 37 heavy (non-hydrogen) atoms. The molecule has 0 fully saturated rings. The van der Waals surface area contributed by atoms with E-state index in [0.717, 1.165) is 5.56 Å². The number of thiocarbonyl (C=S) groups is 1. The van der Waals surface area contributed by atoms with Gasteiger partial charge in [-0.05, 0) is 46.1 Å². The summed E-state index contributed by atoms with van der Waals surface area (Å²) in [5, 5.41) is 8.03. The Balaban J connectivity index is 1.61. The number of carbonyl (C=O) groups is 2. The lowest BCUT2D eigenvalue weighted by Crippen LogP contribution is -2.35. The zero-order chi connectivity index (χ0) is 27.0. The van der Waals surface area contributed by atoms with Gasteiger partial charge in [0, 0.05) is 11.9 Å². The van der Waals surface area contributed by atoms with E-state index in [9.17, 15) is 9.59 Å². The molecule has 3 rings (SSSR count). The summed E-state index contributed by atoms with van der Waals surface area (Å²) in [6, 6.07) is 8.97. The minimum atomic E-state index is -0.653. The Bertz CT molecular complexity index is 1220. The summed E-state index contributed by atoms with van der Waals surface area (Å²) in [4.78, 5) is 33.6. The van der Waals surface area contributed by atoms with Crippen LogP contribution in [0.15, 0.2) is 40.1 Å². The second-order valence-electron chi connectivity index (χ2n) is 9.19. The van der Waals surface area contributed by atoms with Gasteiger partial charge >= 0.3 is 12.2 Å². The summed E-state index contributed by atoms with van der Waals surface area (Å²) in [5.74, 6) is 0.798. The summed E-state index contributed by atoms with van der Waals surface area (Å²) in [5.41, 5.74) is 6.86. The van der Waals surface area contributed by atoms with Crippen molar-refractivity contribution in [2.45, 2.75) is 58.8 Å². The van der Waals surface area contributed by atoms with Crippen LogP contribution in [0.4, 0.5) is 9.59 Å². The number of oxazole rings is 1. The maximum absolute atomic E-state index is 12.5. The van der Waals surface area contributed by atoms with Crippen molar-refractivity contribution in [3.63, 3.8) is 0 Å². The number of nitrogens with one attached hydrogen (secondary N) is 2. The second-order valence-corrected chi connectivity index (χ2v) is 10.5. The van der Waals surface area contributed by atoms with Gasteiger partial charge in [0.05, 0.1) is 6.04 Å². The summed E-state index contributed by atoms with van der Waals surface area (Å²) in [7, 11) is 0. The van der Waals surface area contributed by atoms with Gasteiger partial charge in [-0.1, -0.05) is 42.5 Å². The van der Waals surface area contributed by atoms with Crippen LogP contribution in [0.1, 0.15) is 61.7 Å². The quantitative estimate of drug-likeness (QED) is 0.237. The Hall–Kier alpha value is -3.51. The van der Waals surface area contributed by atoms with Crippen molar-refractivity contribution in [3.05, 3.63) is 57.7 Å². The molecule has 3 aromatic rings. The van der Waals surface area contributed by atoms with E-state index in [-0.39, 0.29) is 11.6 Å². The fourth-order valence-electron chi connectivity index (χ4n) is 3.26. The number of alkyl carbamates (subject to hydrolysis) is 2. The van der Waals surface area contributed by atoms with Crippen LogP contribution >= 0.6 is 23.6 Å². The molecule has 12 heteroatoms. The van der Waals surface area contributed by atoms with Gasteiger partial charge in [0.1, 0.15) is 39.4 Å². The molecule has 1 aromatic carbocycles. The highest BCUT2D eigenvalue weighted by Crippen LogP contribution is 2.29. The van der Waals surface area contributed by atoms with Crippen molar-refractivity contribution in [1.82, 2.24) is 20.6 Å². The van der Waals surface area contributed by atoms with Gasteiger partial charge in [-0.2, -0.15) is 0 Å². The molecule has 2 heterocycles. The zero-order valence-corrected chi connectivity index (χ0v) is 22.8. The monoisotopic (exact) mass is 545 g/mol. The smallest absolute Gasteiger partial charge is 0.408 e. The van der Waals surface area contributed by atoms with E-state index < -0.39 is 23.8 Å². The Kier molecular flexibility index (Phi) is 9.59. The van der Waals surface area contributed by atoms with E-state index in [2.05, 4.69) is 20.6 Å². The van der Waals surface area contributed by atoms with Crippen LogP contribution in [-0.4, -0.2) is 39.3 Å². The number of carbonyl (C=O) groups excluding carboxylic acids is 2. The van der Waals surface area contributed by atoms with E-state index in [1.807, 2.05) is 30.3 Å². The van der Waals surface area contributed by atoms with Crippen LogP contribution in [0.25, 0.3) is 11.6 Å². The van der Waals surface area contributed by atoms with Gasteiger partial charge in [-0.25, -0.2) is 19.6 Å². The van der Waals surface area contributed by atoms with Gasteiger partial charge in [-0.3, -0.25) is 0 Å². The molecule has 0 saturated heterocycles. The van der Waals surface area contributed by atoms with Crippen LogP contribution in [0.2, 0.25) is 0 Å². The minimum Gasteiger partial charge on any atom is -0.445 e. The Morgan fingerprint density at radius 2 is 1.92 bits per heavy atom. The van der Waals surface area contributed by atoms with Gasteiger partial charge in [0.25, 0.3) is 0 Å². The number of amides is 2. The first-order valence-corrected chi connectivity index (χ1v) is 13.0. The van der Waals surface area contributed by atoms with Crippen LogP contribution < -0.4 is 16.4 Å². The van der Waals surface area contributed by atoms with E-state index in [4.69, 9.17) is 31.8 Å². The lowest BCUT2D eigenvalue weighted by atomic mass is 10.1. The first kappa shape index (κ1) is 28.1. The van der Waals surface area contributed by atoms with Crippen LogP contribution in [0.5, 0.6) is 0 Å². The van der Waals surface area contributed by atoms with Gasteiger partial charge < -0.3 is 30.3 Å². The summed E-state index contributed by atoms with van der Waals surface area (Å²) < 4.78 is 16.3. The molecule has 0 spiro atoms. The van der Waals surface area contributed by atoms with Crippen molar-refractivity contribution in [1.29, 1.82) is 0 Å². The van der Waals surface area contributed by atoms with Crippen LogP contribution in [0.3, 0.4) is 0 Å². The molecular weight excluding hydrogens is 514 g/mol. The summed E-state index contributed by atoms with van der Waals surface area (Å²) in [6.07, 6.45) is -0.0231. The first-order valence-electron chi connectivity index (χ1n) is 11.7. The van der Waals surface area contributed by atoms with Crippen molar-refractivity contribution in [2.24, 2.45) is 5.73 Å². The summed E-state index contributed by atoms with van der Waals surface area (Å²) >= 11 is 6.36. The average Bonchev–Trinajstić information content (AvgIpc) is 3.46. The largest absolute Gasteiger partial charge is 0.445 e. The Morgan fingerprint density at radius 3 is 2.57 bits per heavy atom. The van der Waals surface area contributed by atoms with Crippen molar-refractivity contribution >= 4 is 40.7 Å². The fraction of sp³-hybridized carbons (Fsp3) is 0.400. The highest BCUT2D eigenvalue weighted by molar-refractivity contribution is 7.80. The number of thiazole rings is 1. The van der Waals surface area contributed by atoms with Crippen molar-refractivity contribution in [2.75, 3.05) is 6.54 Å². The predicted octanol–water partition coefficient (Wildman–Crippen LogP) is 5.01. The van der Waals surface area contributed by atoms with Crippen molar-refractivity contribution in [3.8, 4) is 11.6 Å². The van der Waals surface area contributed by atoms with Crippen LogP contribution in [-0.2, 0) is 16.1 Å². The topological polar surface area (TPSA) is 142 Å². The Labute approximate surface area is 225 Å². The highest BCUT2D eigenvalue weighted by atomic mass is 32.1. The molecule has 1 atom stereocenters. The number of hydrogen-bond donors (Lipinski definition) is 3. The number of hydrogen-bond acceptors (Lipinski definition) is 9. The van der Waals surface area contributed by atoms with Gasteiger partial charge in [0.15, 0.2) is 0 Å². The molecule has 0 radical (unpaired) electrons. The number of nitrogens with two attached hydrogens (primary N) is 1. The summed E-state index contributed by atoms with van der Waals surface area (Å²) in [6.45, 7) is 7.64. The molecule has 198 valence electrons. The van der Waals surface area contributed by atoms with Gasteiger partial charge in [0.2, 0.25) is 5.89 Å². The van der Waals surface area contributed by atoms with E-state index >= 15 is 0 Å². The maximum atomic E-state index is 12.5. The zero-order valence-electron chi connectivity index (χ0n) is 21.2. The molecule has 2 aromatic heterocycles. The molecule has 0 aliphatic heterocycles. The Morgan fingerprint density at radius 1 is 1.19 bits per heavy atom. The molecule has 4 N–H and O–H groups in total. The minimum absolute atomic E-state index is 0.141. The molecule has 10 nitrogen and oxygen atoms in total. The first-order chi connectivity index (χ1) is 17.5. The number of benzene rings is 1. The van der Waals surface area contributed by atoms with E-state index in [1.54, 1.807) is 33.1 Å². The third-order valence-corrected chi connectivity index (χ3v) is 6.06. The average molecular weight is 546 g/mol. The third kappa shape index (κ3) is 8.83. The molecule has 0 aliphatic rings. The number of aryl methyl sites for hydroxylation is 1. The van der Waals surface area contributed by atoms with E-state index in [0.29, 0.717) is 47.4 Å². The fourth-order valence-corrected chi connectivity index (χ4v) is 4.33. The normalized spacial score (nSPS) is 12.0. The number of ether oxygens (including phenoxy) is 2. The molecule has 0 aliphatic carbocycles. The van der Waals surface area contributed by atoms with Crippen molar-refractivity contribution < 1.29 is 23.5 Å². The third-order valence-electron chi connectivity index (χ3n) is 4.91. The number of rotatable bonds is 10. The standard InChI is InChI=1S/C25H31N5O5S2/c1-15-19(20(26)36)30-21(34-15)18-14-37-22(28-18)17(29-24(32)35-25(2,3)4)11-8-12-27-23(31)33-13-16-9-6-5-7-10-16/h5-7,9-10,14,17H,8,11-13H2,1-4H3,(H2,26,36)(H,27,31)(H,29,32)/t17-/m0/s1. The van der Waals surface area contributed by atoms with Gasteiger partial charge in [-0.15, -0.1) is 11.3 Å². The highest BCUT2D eigenvalue weighted by Gasteiger charge is 2.24. The molecule has 2 amide bonds. The maximum Gasteiger partial charge on any atom is 0.408 e. The lowest BCUT2D eigenvalue weighted by Gasteiger charge is -2.23. The predicted molar refractivity (Wildman–Crippen MR) is 144 cm³/mol. The number of nitrogens with zero attached hydrogens (tertiary/aromatic N) is 2.